The first-order valence-electron chi connectivity index (χ1n) is 14.0. The molecule has 4 heteroatoms. The van der Waals surface area contributed by atoms with Crippen LogP contribution >= 0.6 is 0 Å². The molecule has 2 unspecified atom stereocenters. The molecule has 206 valence electrons. The predicted octanol–water partition coefficient (Wildman–Crippen LogP) is 4.05. The van der Waals surface area contributed by atoms with Crippen molar-refractivity contribution in [3.63, 3.8) is 0 Å². The van der Waals surface area contributed by atoms with Crippen molar-refractivity contribution in [1.82, 2.24) is 0 Å². The van der Waals surface area contributed by atoms with E-state index in [1.54, 1.807) is 22.3 Å². The molecule has 2 aliphatic rings. The second-order valence-electron chi connectivity index (χ2n) is 14.1. The maximum atomic E-state index is 2.65. The van der Waals surface area contributed by atoms with Gasteiger partial charge < -0.3 is 24.8 Å². The summed E-state index contributed by atoms with van der Waals surface area (Å²) in [5, 5.41) is 0. The summed E-state index contributed by atoms with van der Waals surface area (Å²) in [5.74, 6) is 1.21. The van der Waals surface area contributed by atoms with Crippen LogP contribution in [0.2, 0.25) is 13.1 Å². The second kappa shape index (κ2) is 12.2. The van der Waals surface area contributed by atoms with Crippen LogP contribution < -0.4 is 24.8 Å². The van der Waals surface area contributed by atoms with E-state index in [-0.39, 0.29) is 35.6 Å². The van der Waals surface area contributed by atoms with Gasteiger partial charge in [0.05, 0.1) is 0 Å². The fourth-order valence-electron chi connectivity index (χ4n) is 6.18. The first-order valence-corrected chi connectivity index (χ1v) is 23.0. The molecule has 0 bridgehead atoms. The number of rotatable bonds is 4. The summed E-state index contributed by atoms with van der Waals surface area (Å²) in [6.45, 7) is 29.1. The summed E-state index contributed by atoms with van der Waals surface area (Å²) >= 11 is -2.06. The Morgan fingerprint density at radius 1 is 0.632 bits per heavy atom. The SMILES string of the molecule is CC(C)C1=Cc2cc(C(C)(C)C)ccc2[CH]1[Zr+2]([CH]1C(C(C)C)=Cc2cc(C(C)(C)C)ccc21)=[Si](C)C.[Cl-].[Cl-]. The minimum absolute atomic E-state index is 0. The molecule has 0 aliphatic heterocycles. The van der Waals surface area contributed by atoms with Gasteiger partial charge in [0.15, 0.2) is 0 Å². The summed E-state index contributed by atoms with van der Waals surface area (Å²) in [6.07, 6.45) is 5.23. The minimum Gasteiger partial charge on any atom is -1.00 e. The average molecular weight is 647 g/mol. The maximum Gasteiger partial charge on any atom is -1.00 e. The van der Waals surface area contributed by atoms with Gasteiger partial charge in [0, 0.05) is 0 Å². The molecule has 2 aromatic carbocycles. The van der Waals surface area contributed by atoms with Crippen molar-refractivity contribution in [3.05, 3.63) is 80.9 Å². The van der Waals surface area contributed by atoms with Gasteiger partial charge in [-0.3, -0.25) is 0 Å². The van der Waals surface area contributed by atoms with Gasteiger partial charge in [-0.1, -0.05) is 0 Å². The average Bonchev–Trinajstić information content (AvgIpc) is 3.31. The van der Waals surface area contributed by atoms with Crippen molar-refractivity contribution >= 4 is 17.6 Å². The van der Waals surface area contributed by atoms with Crippen molar-refractivity contribution in [2.45, 2.75) is 100 Å². The summed E-state index contributed by atoms with van der Waals surface area (Å²) < 4.78 is 1.42. The van der Waals surface area contributed by atoms with E-state index in [4.69, 9.17) is 0 Å². The maximum absolute atomic E-state index is 2.65. The molecule has 0 radical (unpaired) electrons. The third-order valence-electron chi connectivity index (χ3n) is 8.37. The molecule has 4 rings (SSSR count). The minimum atomic E-state index is -2.06. The molecule has 2 aromatic rings. The Balaban J connectivity index is 0.00000253. The van der Waals surface area contributed by atoms with E-state index >= 15 is 0 Å². The predicted molar refractivity (Wildman–Crippen MR) is 159 cm³/mol. The molecule has 0 amide bonds. The van der Waals surface area contributed by atoms with Gasteiger partial charge in [-0.15, -0.1) is 0 Å². The molecule has 38 heavy (non-hydrogen) atoms. The van der Waals surface area contributed by atoms with Crippen molar-refractivity contribution in [2.24, 2.45) is 11.8 Å². The Morgan fingerprint density at radius 2 is 0.974 bits per heavy atom. The van der Waals surface area contributed by atoms with Crippen LogP contribution in [0.3, 0.4) is 0 Å². The van der Waals surface area contributed by atoms with E-state index < -0.39 is 25.8 Å². The van der Waals surface area contributed by atoms with Crippen LogP contribution in [-0.4, -0.2) is 5.43 Å². The normalized spacial score (nSPS) is 18.1. The third kappa shape index (κ3) is 6.40. The topological polar surface area (TPSA) is 0 Å². The Bertz CT molecular complexity index is 1190. The summed E-state index contributed by atoms with van der Waals surface area (Å²) in [4.78, 5) is 0. The summed E-state index contributed by atoms with van der Waals surface area (Å²) in [6, 6.07) is 15.0. The molecule has 0 saturated carbocycles. The van der Waals surface area contributed by atoms with Crippen LogP contribution in [0.5, 0.6) is 0 Å². The Hall–Kier alpha value is -0.400. The molecule has 0 nitrogen and oxygen atoms in total. The number of allylic oxidation sites excluding steroid dienone is 2. The number of benzene rings is 2. The van der Waals surface area contributed by atoms with Crippen LogP contribution in [0.25, 0.3) is 12.2 Å². The van der Waals surface area contributed by atoms with Gasteiger partial charge in [0.25, 0.3) is 0 Å². The standard InChI is InChI=1S/2C16H21.C2H6Si.2ClH.Zr/c2*1-11(2)13-8-12-6-7-15(16(3,4)5)10-14(12)9-13;1-3-2;;;/h2*6-11H,1-5H3;1-2H3;2*1H;/q;;;;;+2/p-2. The molecule has 0 N–H and O–H groups in total. The Kier molecular flexibility index (Phi) is 10.9. The smallest absolute Gasteiger partial charge is 1.00 e. The molecule has 0 spiro atoms. The Morgan fingerprint density at radius 3 is 1.24 bits per heavy atom. The van der Waals surface area contributed by atoms with Gasteiger partial charge in [-0.25, -0.2) is 0 Å². The van der Waals surface area contributed by atoms with Crippen LogP contribution in [0.15, 0.2) is 47.5 Å². The van der Waals surface area contributed by atoms with Crippen LogP contribution in [0.1, 0.15) is 110 Å². The summed E-state index contributed by atoms with van der Waals surface area (Å²) in [5.41, 5.74) is 12.7. The molecule has 0 aromatic heterocycles. The fraction of sp³-hybridized carbons (Fsp3) is 0.529. The zero-order chi connectivity index (χ0) is 26.7. The quantitative estimate of drug-likeness (QED) is 0.440. The van der Waals surface area contributed by atoms with Crippen molar-refractivity contribution < 1.29 is 45.2 Å². The number of halogens is 2. The molecule has 2 atom stereocenters. The van der Waals surface area contributed by atoms with E-state index in [0.717, 1.165) is 0 Å². The third-order valence-corrected chi connectivity index (χ3v) is 27.7. The van der Waals surface area contributed by atoms with Gasteiger partial charge in [-0.2, -0.15) is 0 Å². The summed E-state index contributed by atoms with van der Waals surface area (Å²) in [7, 11) is 0. The Labute approximate surface area is 254 Å². The monoisotopic (exact) mass is 644 g/mol. The van der Waals surface area contributed by atoms with E-state index in [2.05, 4.69) is 131 Å². The number of fused-ring (bicyclic) bond motifs is 2. The number of hydrogen-bond donors (Lipinski definition) is 0. The van der Waals surface area contributed by atoms with Crippen molar-refractivity contribution in [1.29, 1.82) is 0 Å². The number of hydrogen-bond acceptors (Lipinski definition) is 0. The first kappa shape index (κ1) is 33.8. The van der Waals surface area contributed by atoms with E-state index in [1.165, 1.54) is 22.3 Å². The van der Waals surface area contributed by atoms with Gasteiger partial charge in [0.2, 0.25) is 0 Å². The van der Waals surface area contributed by atoms with Crippen LogP contribution in [-0.2, 0) is 31.2 Å². The van der Waals surface area contributed by atoms with Crippen LogP contribution in [0.4, 0.5) is 0 Å². The van der Waals surface area contributed by atoms with Crippen molar-refractivity contribution in [2.75, 3.05) is 0 Å². The zero-order valence-electron chi connectivity index (χ0n) is 25.7. The molecule has 2 aliphatic carbocycles. The van der Waals surface area contributed by atoms with Crippen LogP contribution in [0, 0.1) is 11.8 Å². The molecule has 0 heterocycles. The van der Waals surface area contributed by atoms with Gasteiger partial charge >= 0.3 is 231 Å². The molecular weight excluding hydrogens is 599 g/mol. The molecule has 0 fully saturated rings. The van der Waals surface area contributed by atoms with Gasteiger partial charge in [-0.05, 0) is 0 Å². The van der Waals surface area contributed by atoms with Crippen molar-refractivity contribution in [3.8, 4) is 0 Å². The van der Waals surface area contributed by atoms with E-state index in [0.29, 0.717) is 19.1 Å². The molecule has 0 saturated heterocycles. The first-order chi connectivity index (χ1) is 16.6. The zero-order valence-corrected chi connectivity index (χ0v) is 30.7. The van der Waals surface area contributed by atoms with E-state index in [1.807, 2.05) is 0 Å². The van der Waals surface area contributed by atoms with E-state index in [9.17, 15) is 0 Å². The second-order valence-corrected chi connectivity index (χ2v) is 32.0. The largest absolute Gasteiger partial charge is 1.00 e. The molecular formula is C34H48Cl2SiZr. The fourth-order valence-corrected chi connectivity index (χ4v) is 27.2. The van der Waals surface area contributed by atoms with Gasteiger partial charge in [0.1, 0.15) is 0 Å².